The third-order valence-corrected chi connectivity index (χ3v) is 2.49. The first-order chi connectivity index (χ1) is 8.61. The number of hydrogen-bond acceptors (Lipinski definition) is 4. The predicted molar refractivity (Wildman–Crippen MR) is 61.0 cm³/mol. The third-order valence-electron chi connectivity index (χ3n) is 2.49. The fourth-order valence-corrected chi connectivity index (χ4v) is 1.55. The Bertz CT molecular complexity index is 563. The van der Waals surface area contributed by atoms with Crippen LogP contribution in [-0.4, -0.2) is 17.1 Å². The molecule has 0 aliphatic carbocycles. The van der Waals surface area contributed by atoms with Crippen molar-refractivity contribution in [2.24, 2.45) is 5.73 Å². The maximum atomic E-state index is 13.6. The number of methoxy groups -OCH3 is 1. The molecule has 2 rings (SSSR count). The van der Waals surface area contributed by atoms with Crippen molar-refractivity contribution < 1.29 is 13.5 Å². The number of rotatable bonds is 3. The summed E-state index contributed by atoms with van der Waals surface area (Å²) in [5.74, 6) is -1.03. The van der Waals surface area contributed by atoms with E-state index in [4.69, 9.17) is 10.5 Å². The number of benzene rings is 1. The molecule has 1 unspecified atom stereocenters. The lowest BCUT2D eigenvalue weighted by atomic mass is 10.0. The second-order valence-corrected chi connectivity index (χ2v) is 3.63. The van der Waals surface area contributed by atoms with E-state index in [2.05, 4.69) is 9.97 Å². The monoisotopic (exact) mass is 251 g/mol. The van der Waals surface area contributed by atoms with Crippen molar-refractivity contribution >= 4 is 0 Å². The summed E-state index contributed by atoms with van der Waals surface area (Å²) < 4.78 is 31.3. The zero-order valence-corrected chi connectivity index (χ0v) is 9.60. The number of hydrogen-bond donors (Lipinski definition) is 1. The van der Waals surface area contributed by atoms with Crippen LogP contribution in [0, 0.1) is 11.6 Å². The van der Waals surface area contributed by atoms with Gasteiger partial charge < -0.3 is 10.5 Å². The summed E-state index contributed by atoms with van der Waals surface area (Å²) in [5.41, 5.74) is 6.44. The van der Waals surface area contributed by atoms with Gasteiger partial charge in [0.1, 0.15) is 18.0 Å². The molecule has 94 valence electrons. The summed E-state index contributed by atoms with van der Waals surface area (Å²) in [6.07, 6.45) is 1.27. The minimum Gasteiger partial charge on any atom is -0.481 e. The van der Waals surface area contributed by atoms with Crippen LogP contribution in [0.5, 0.6) is 5.88 Å². The van der Waals surface area contributed by atoms with Gasteiger partial charge in [-0.05, 0) is 6.07 Å². The Morgan fingerprint density at radius 2 is 2.00 bits per heavy atom. The topological polar surface area (TPSA) is 61.0 Å². The first-order valence-corrected chi connectivity index (χ1v) is 5.18. The van der Waals surface area contributed by atoms with Crippen LogP contribution in [0.1, 0.15) is 17.3 Å². The van der Waals surface area contributed by atoms with Crippen molar-refractivity contribution in [3.63, 3.8) is 0 Å². The largest absolute Gasteiger partial charge is 0.481 e. The minimum atomic E-state index is -0.803. The van der Waals surface area contributed by atoms with E-state index >= 15 is 0 Å². The highest BCUT2D eigenvalue weighted by Crippen LogP contribution is 2.22. The van der Waals surface area contributed by atoms with E-state index in [1.54, 1.807) is 0 Å². The summed E-state index contributed by atoms with van der Waals surface area (Å²) in [7, 11) is 1.45. The number of ether oxygens (including phenoxy) is 1. The van der Waals surface area contributed by atoms with Gasteiger partial charge in [0, 0.05) is 17.7 Å². The van der Waals surface area contributed by atoms with Gasteiger partial charge in [0.15, 0.2) is 0 Å². The molecule has 0 fully saturated rings. The van der Waals surface area contributed by atoms with Crippen LogP contribution in [-0.2, 0) is 0 Å². The lowest BCUT2D eigenvalue weighted by molar-refractivity contribution is 0.395. The van der Waals surface area contributed by atoms with E-state index in [1.165, 1.54) is 25.6 Å². The zero-order valence-electron chi connectivity index (χ0n) is 9.60. The van der Waals surface area contributed by atoms with Crippen LogP contribution in [0.2, 0.25) is 0 Å². The van der Waals surface area contributed by atoms with Crippen LogP contribution in [0.25, 0.3) is 0 Å². The summed E-state index contributed by atoms with van der Waals surface area (Å²) in [6.45, 7) is 0. The molecule has 1 aromatic heterocycles. The van der Waals surface area contributed by atoms with Crippen LogP contribution in [0.4, 0.5) is 8.78 Å². The number of nitrogens with two attached hydrogens (primary N) is 1. The lowest BCUT2D eigenvalue weighted by Crippen LogP contribution is -2.15. The molecule has 0 amide bonds. The smallest absolute Gasteiger partial charge is 0.216 e. The van der Waals surface area contributed by atoms with Gasteiger partial charge in [-0.2, -0.15) is 0 Å². The molecule has 0 saturated heterocycles. The fourth-order valence-electron chi connectivity index (χ4n) is 1.55. The molecule has 0 radical (unpaired) electrons. The molecule has 0 spiro atoms. The highest BCUT2D eigenvalue weighted by molar-refractivity contribution is 5.30. The fraction of sp³-hybridized carbons (Fsp3) is 0.167. The van der Waals surface area contributed by atoms with E-state index in [0.29, 0.717) is 11.6 Å². The molecular formula is C12H11F2N3O. The van der Waals surface area contributed by atoms with Gasteiger partial charge in [-0.1, -0.05) is 6.07 Å². The van der Waals surface area contributed by atoms with Gasteiger partial charge in [0.25, 0.3) is 0 Å². The van der Waals surface area contributed by atoms with Crippen LogP contribution in [0.15, 0.2) is 30.6 Å². The molecule has 4 nitrogen and oxygen atoms in total. The molecule has 6 heteroatoms. The van der Waals surface area contributed by atoms with Gasteiger partial charge in [-0.25, -0.2) is 18.7 Å². The molecule has 0 bridgehead atoms. The Labute approximate surface area is 102 Å². The van der Waals surface area contributed by atoms with Gasteiger partial charge in [-0.15, -0.1) is 0 Å². The summed E-state index contributed by atoms with van der Waals surface area (Å²) in [5, 5.41) is 0. The van der Waals surface area contributed by atoms with Gasteiger partial charge in [-0.3, -0.25) is 0 Å². The molecule has 1 heterocycles. The average Bonchev–Trinajstić information content (AvgIpc) is 2.38. The van der Waals surface area contributed by atoms with E-state index in [9.17, 15) is 8.78 Å². The SMILES string of the molecule is COc1cc(C(N)c2ccc(F)cc2F)ncn1. The van der Waals surface area contributed by atoms with E-state index in [1.807, 2.05) is 0 Å². The van der Waals surface area contributed by atoms with E-state index in [0.717, 1.165) is 12.1 Å². The van der Waals surface area contributed by atoms with Crippen molar-refractivity contribution in [2.75, 3.05) is 7.11 Å². The van der Waals surface area contributed by atoms with Crippen molar-refractivity contribution in [1.82, 2.24) is 9.97 Å². The Kier molecular flexibility index (Phi) is 3.47. The third kappa shape index (κ3) is 2.43. The van der Waals surface area contributed by atoms with Crippen LogP contribution in [0.3, 0.4) is 0 Å². The molecule has 18 heavy (non-hydrogen) atoms. The second-order valence-electron chi connectivity index (χ2n) is 3.63. The molecule has 0 aliphatic heterocycles. The minimum absolute atomic E-state index is 0.164. The van der Waals surface area contributed by atoms with Crippen molar-refractivity contribution in [1.29, 1.82) is 0 Å². The maximum absolute atomic E-state index is 13.6. The second kappa shape index (κ2) is 5.05. The Balaban J connectivity index is 2.37. The number of nitrogens with zero attached hydrogens (tertiary/aromatic N) is 2. The molecule has 2 N–H and O–H groups in total. The van der Waals surface area contributed by atoms with Crippen molar-refractivity contribution in [2.45, 2.75) is 6.04 Å². The average molecular weight is 251 g/mol. The van der Waals surface area contributed by atoms with Gasteiger partial charge in [0.2, 0.25) is 5.88 Å². The van der Waals surface area contributed by atoms with Gasteiger partial charge in [0.05, 0.1) is 18.8 Å². The predicted octanol–water partition coefficient (Wildman–Crippen LogP) is 1.81. The molecule has 0 saturated carbocycles. The lowest BCUT2D eigenvalue weighted by Gasteiger charge is -2.12. The molecular weight excluding hydrogens is 240 g/mol. The number of halogens is 2. The summed E-state index contributed by atoms with van der Waals surface area (Å²) in [6, 6.07) is 3.93. The summed E-state index contributed by atoms with van der Waals surface area (Å²) in [4.78, 5) is 7.78. The number of aromatic nitrogens is 2. The van der Waals surface area contributed by atoms with Crippen molar-refractivity contribution in [3.8, 4) is 5.88 Å². The molecule has 2 aromatic rings. The van der Waals surface area contributed by atoms with Gasteiger partial charge >= 0.3 is 0 Å². The van der Waals surface area contributed by atoms with Crippen LogP contribution >= 0.6 is 0 Å². The van der Waals surface area contributed by atoms with Crippen LogP contribution < -0.4 is 10.5 Å². The molecule has 0 aliphatic rings. The Hall–Kier alpha value is -2.08. The van der Waals surface area contributed by atoms with E-state index in [-0.39, 0.29) is 5.56 Å². The first-order valence-electron chi connectivity index (χ1n) is 5.18. The van der Waals surface area contributed by atoms with Crippen molar-refractivity contribution in [3.05, 3.63) is 53.5 Å². The summed E-state index contributed by atoms with van der Waals surface area (Å²) >= 11 is 0. The highest BCUT2D eigenvalue weighted by atomic mass is 19.1. The Morgan fingerprint density at radius 1 is 1.22 bits per heavy atom. The quantitative estimate of drug-likeness (QED) is 0.903. The maximum Gasteiger partial charge on any atom is 0.216 e. The first kappa shape index (κ1) is 12.4. The van der Waals surface area contributed by atoms with E-state index < -0.39 is 17.7 Å². The Morgan fingerprint density at radius 3 is 2.67 bits per heavy atom. The standard InChI is InChI=1S/C12H11F2N3O/c1-18-11-5-10(16-6-17-11)12(15)8-3-2-7(13)4-9(8)14/h2-6,12H,15H2,1H3. The molecule has 1 atom stereocenters. The molecule has 1 aromatic carbocycles. The zero-order chi connectivity index (χ0) is 13.1. The highest BCUT2D eigenvalue weighted by Gasteiger charge is 2.16. The normalized spacial score (nSPS) is 12.2.